The van der Waals surface area contributed by atoms with Gasteiger partial charge in [0.25, 0.3) is 0 Å². The van der Waals surface area contributed by atoms with Crippen LogP contribution >= 0.6 is 0 Å². The number of carboxylic acid groups (broad SMARTS) is 1. The van der Waals surface area contributed by atoms with E-state index in [0.717, 1.165) is 29.7 Å². The average molecular weight is 551 g/mol. The van der Waals surface area contributed by atoms with Crippen LogP contribution in [0.15, 0.2) is 48.5 Å². The van der Waals surface area contributed by atoms with E-state index in [0.29, 0.717) is 13.2 Å². The maximum atomic E-state index is 14.0. The minimum absolute atomic E-state index is 0.0329. The molecule has 2 aromatic carbocycles. The molecular weight excluding hydrogens is 504 g/mol. The molecular formula is C33H46N2O5. The molecule has 40 heavy (non-hydrogen) atoms. The van der Waals surface area contributed by atoms with Crippen molar-refractivity contribution in [2.45, 2.75) is 97.0 Å². The molecule has 2 fully saturated rings. The molecule has 0 aliphatic carbocycles. The molecule has 1 amide bonds. The molecule has 2 aromatic rings. The lowest BCUT2D eigenvalue weighted by molar-refractivity contribution is -0.153. The first kappa shape index (κ1) is 30.1. The lowest BCUT2D eigenvalue weighted by atomic mass is 9.72. The smallest absolute Gasteiger partial charge is 0.326 e. The number of carbonyl (C=O) groups is 2. The molecule has 2 N–H and O–H groups in total. The van der Waals surface area contributed by atoms with Crippen molar-refractivity contribution in [3.05, 3.63) is 65.2 Å². The summed E-state index contributed by atoms with van der Waals surface area (Å²) in [6, 6.07) is 14.4. The third kappa shape index (κ3) is 6.36. The van der Waals surface area contributed by atoms with Crippen LogP contribution in [0.5, 0.6) is 5.75 Å². The Labute approximate surface area is 239 Å². The highest BCUT2D eigenvalue weighted by atomic mass is 16.5. The van der Waals surface area contributed by atoms with Crippen LogP contribution in [0.3, 0.4) is 0 Å². The summed E-state index contributed by atoms with van der Waals surface area (Å²) < 4.78 is 11.5. The Morgan fingerprint density at radius 2 is 1.77 bits per heavy atom. The van der Waals surface area contributed by atoms with Crippen LogP contribution in [-0.4, -0.2) is 53.8 Å². The summed E-state index contributed by atoms with van der Waals surface area (Å²) in [6.07, 6.45) is 1.77. The van der Waals surface area contributed by atoms with Crippen LogP contribution in [0.4, 0.5) is 0 Å². The Balaban J connectivity index is 1.78. The summed E-state index contributed by atoms with van der Waals surface area (Å²) in [4.78, 5) is 28.6. The summed E-state index contributed by atoms with van der Waals surface area (Å²) in [7, 11) is 1.67. The van der Waals surface area contributed by atoms with E-state index >= 15 is 0 Å². The average Bonchev–Trinajstić information content (AvgIpc) is 3.53. The molecule has 0 aromatic heterocycles. The SMILES string of the molecule is COc1ccc(C(C)(C)C)cc1CN[C@H]1[C@H](C(C)(C)C)[C@@H](C(=O)O)N(C(=O)CC2CCCO2)[C@H]1c1ccccc1. The number of hydrogen-bond donors (Lipinski definition) is 2. The molecule has 7 nitrogen and oxygen atoms in total. The van der Waals surface area contributed by atoms with E-state index in [2.05, 4.69) is 59.0 Å². The largest absolute Gasteiger partial charge is 0.496 e. The van der Waals surface area contributed by atoms with Crippen molar-refractivity contribution in [2.75, 3.05) is 13.7 Å². The fourth-order valence-electron chi connectivity index (χ4n) is 6.48. The number of aliphatic carboxylic acids is 1. The van der Waals surface area contributed by atoms with Crippen LogP contribution in [0.2, 0.25) is 0 Å². The van der Waals surface area contributed by atoms with Crippen LogP contribution in [0.1, 0.15) is 83.5 Å². The minimum Gasteiger partial charge on any atom is -0.496 e. The topological polar surface area (TPSA) is 88.1 Å². The molecule has 0 radical (unpaired) electrons. The number of rotatable bonds is 8. The van der Waals surface area contributed by atoms with E-state index in [-0.39, 0.29) is 35.8 Å². The van der Waals surface area contributed by atoms with Gasteiger partial charge in [0.05, 0.1) is 25.7 Å². The quantitative estimate of drug-likeness (QED) is 0.437. The number of likely N-dealkylation sites (tertiary alicyclic amines) is 1. The summed E-state index contributed by atoms with van der Waals surface area (Å²) in [6.45, 7) is 13.9. The summed E-state index contributed by atoms with van der Waals surface area (Å²) >= 11 is 0. The zero-order valence-corrected chi connectivity index (χ0v) is 25.1. The number of ether oxygens (including phenoxy) is 2. The van der Waals surface area contributed by atoms with Crippen molar-refractivity contribution in [1.82, 2.24) is 10.2 Å². The van der Waals surface area contributed by atoms with Gasteiger partial charge in [0.1, 0.15) is 11.8 Å². The molecule has 2 aliphatic rings. The van der Waals surface area contributed by atoms with Gasteiger partial charge in [-0.15, -0.1) is 0 Å². The number of nitrogens with zero attached hydrogens (tertiary/aromatic N) is 1. The van der Waals surface area contributed by atoms with Crippen molar-refractivity contribution >= 4 is 11.9 Å². The highest BCUT2D eigenvalue weighted by molar-refractivity contribution is 5.86. The fraction of sp³-hybridized carbons (Fsp3) is 0.576. The summed E-state index contributed by atoms with van der Waals surface area (Å²) in [5.74, 6) is -0.708. The molecule has 0 saturated carbocycles. The lowest BCUT2D eigenvalue weighted by Gasteiger charge is -2.35. The van der Waals surface area contributed by atoms with E-state index in [1.807, 2.05) is 36.4 Å². The minimum atomic E-state index is -0.974. The highest BCUT2D eigenvalue weighted by Crippen LogP contribution is 2.48. The number of methoxy groups -OCH3 is 1. The van der Waals surface area contributed by atoms with Gasteiger partial charge < -0.3 is 24.8 Å². The molecule has 5 atom stereocenters. The van der Waals surface area contributed by atoms with Crippen molar-refractivity contribution in [3.63, 3.8) is 0 Å². The fourth-order valence-corrected chi connectivity index (χ4v) is 6.48. The van der Waals surface area contributed by atoms with Gasteiger partial charge in [-0.2, -0.15) is 0 Å². The molecule has 2 heterocycles. The van der Waals surface area contributed by atoms with Gasteiger partial charge in [0.2, 0.25) is 5.91 Å². The van der Waals surface area contributed by atoms with Gasteiger partial charge in [-0.05, 0) is 40.9 Å². The summed E-state index contributed by atoms with van der Waals surface area (Å²) in [5.41, 5.74) is 2.69. The molecule has 2 saturated heterocycles. The zero-order valence-electron chi connectivity index (χ0n) is 25.1. The van der Waals surface area contributed by atoms with Gasteiger partial charge >= 0.3 is 5.97 Å². The van der Waals surface area contributed by atoms with Crippen molar-refractivity contribution < 1.29 is 24.2 Å². The zero-order chi connectivity index (χ0) is 29.2. The van der Waals surface area contributed by atoms with E-state index < -0.39 is 23.5 Å². The molecule has 0 spiro atoms. The number of nitrogens with one attached hydrogen (secondary N) is 1. The van der Waals surface area contributed by atoms with Crippen LogP contribution in [0.25, 0.3) is 0 Å². The monoisotopic (exact) mass is 550 g/mol. The number of hydrogen-bond acceptors (Lipinski definition) is 5. The Kier molecular flexibility index (Phi) is 8.96. The highest BCUT2D eigenvalue weighted by Gasteiger charge is 2.57. The van der Waals surface area contributed by atoms with E-state index in [4.69, 9.17) is 9.47 Å². The molecule has 0 bridgehead atoms. The Morgan fingerprint density at radius 1 is 1.07 bits per heavy atom. The van der Waals surface area contributed by atoms with Crippen molar-refractivity contribution in [1.29, 1.82) is 0 Å². The second-order valence-corrected chi connectivity index (χ2v) is 13.4. The predicted octanol–water partition coefficient (Wildman–Crippen LogP) is 5.72. The van der Waals surface area contributed by atoms with Gasteiger partial charge in [-0.3, -0.25) is 4.79 Å². The van der Waals surface area contributed by atoms with E-state index in [1.165, 1.54) is 5.56 Å². The van der Waals surface area contributed by atoms with Crippen molar-refractivity contribution in [2.24, 2.45) is 11.3 Å². The molecule has 2 aliphatic heterocycles. The Hall–Kier alpha value is -2.90. The lowest BCUT2D eigenvalue weighted by Crippen LogP contribution is -2.48. The van der Waals surface area contributed by atoms with E-state index in [1.54, 1.807) is 12.0 Å². The van der Waals surface area contributed by atoms with Gasteiger partial charge in [-0.1, -0.05) is 84.0 Å². The first-order valence-electron chi connectivity index (χ1n) is 14.4. The number of carbonyl (C=O) groups excluding carboxylic acids is 1. The summed E-state index contributed by atoms with van der Waals surface area (Å²) in [5, 5.41) is 14.4. The van der Waals surface area contributed by atoms with Gasteiger partial charge in [0.15, 0.2) is 0 Å². The predicted molar refractivity (Wildman–Crippen MR) is 156 cm³/mol. The second-order valence-electron chi connectivity index (χ2n) is 13.4. The van der Waals surface area contributed by atoms with Crippen LogP contribution < -0.4 is 10.1 Å². The van der Waals surface area contributed by atoms with Crippen LogP contribution in [0, 0.1) is 11.3 Å². The normalized spacial score (nSPS) is 25.3. The second kappa shape index (κ2) is 11.9. The Morgan fingerprint density at radius 3 is 2.33 bits per heavy atom. The van der Waals surface area contributed by atoms with E-state index in [9.17, 15) is 14.7 Å². The molecule has 4 rings (SSSR count). The van der Waals surface area contributed by atoms with Gasteiger partial charge in [-0.25, -0.2) is 4.79 Å². The number of amides is 1. The number of carboxylic acids is 1. The third-order valence-corrected chi connectivity index (χ3v) is 8.45. The first-order valence-corrected chi connectivity index (χ1v) is 14.4. The standard InChI is InChI=1S/C33H46N2O5/c1-32(2,3)23-15-16-25(39-7)22(18-23)20-34-28-27(33(4,5)6)30(31(37)38)35(26(36)19-24-14-11-17-40-24)29(28)21-12-9-8-10-13-21/h8-10,12-13,15-16,18,24,27-30,34H,11,14,17,19-20H2,1-7H3,(H,37,38)/t24?,27-,28-,29-,30-/m0/s1. The maximum absolute atomic E-state index is 14.0. The number of benzene rings is 2. The van der Waals surface area contributed by atoms with Crippen LogP contribution in [-0.2, 0) is 26.3 Å². The van der Waals surface area contributed by atoms with Gasteiger partial charge in [0, 0.05) is 30.7 Å². The third-order valence-electron chi connectivity index (χ3n) is 8.45. The molecule has 1 unspecified atom stereocenters. The molecule has 218 valence electrons. The Bertz CT molecular complexity index is 1180. The van der Waals surface area contributed by atoms with Crippen molar-refractivity contribution in [3.8, 4) is 5.75 Å². The first-order chi connectivity index (χ1) is 18.8. The maximum Gasteiger partial charge on any atom is 0.326 e. The molecule has 7 heteroatoms.